The molecule has 0 unspecified atom stereocenters. The van der Waals surface area contributed by atoms with E-state index < -0.39 is 0 Å². The Kier molecular flexibility index (Phi) is 5.42. The van der Waals surface area contributed by atoms with Gasteiger partial charge in [-0.15, -0.1) is 11.8 Å². The Hall–Kier alpha value is -2.03. The third kappa shape index (κ3) is 3.87. The molecular weight excluding hydrogens is 334 g/mol. The largest absolute Gasteiger partial charge is 0.295 e. The lowest BCUT2D eigenvalue weighted by atomic mass is 9.97. The van der Waals surface area contributed by atoms with Crippen molar-refractivity contribution >= 4 is 11.8 Å². The van der Waals surface area contributed by atoms with Crippen LogP contribution >= 0.6 is 11.8 Å². The SMILES string of the molecule is C[C@H]([C@@H](Sc1ccccc1)c1ccccc1)N1CCc2ccccc2C1. The van der Waals surface area contributed by atoms with Crippen LogP contribution in [0.2, 0.25) is 0 Å². The van der Waals surface area contributed by atoms with Crippen LogP contribution in [0, 0.1) is 0 Å². The molecule has 0 aromatic heterocycles. The van der Waals surface area contributed by atoms with Crippen LogP contribution in [-0.2, 0) is 13.0 Å². The highest BCUT2D eigenvalue weighted by atomic mass is 32.2. The van der Waals surface area contributed by atoms with E-state index in [9.17, 15) is 0 Å². The van der Waals surface area contributed by atoms with Crippen LogP contribution in [0.1, 0.15) is 28.9 Å². The van der Waals surface area contributed by atoms with Crippen molar-refractivity contribution in [3.05, 3.63) is 102 Å². The standard InChI is InChI=1S/C24H25NS/c1-19(25-17-16-20-10-8-9-13-22(20)18-25)24(21-11-4-2-5-12-21)26-23-14-6-3-7-15-23/h2-15,19,24H,16-18H2,1H3/t19-,24-/m1/s1. The van der Waals surface area contributed by atoms with Crippen LogP contribution in [0.3, 0.4) is 0 Å². The van der Waals surface area contributed by atoms with Crippen LogP contribution in [0.15, 0.2) is 89.8 Å². The molecule has 1 nitrogen and oxygen atoms in total. The molecule has 2 heteroatoms. The lowest BCUT2D eigenvalue weighted by molar-refractivity contribution is 0.187. The second kappa shape index (κ2) is 8.11. The molecule has 1 heterocycles. The molecule has 0 N–H and O–H groups in total. The van der Waals surface area contributed by atoms with Crippen LogP contribution in [-0.4, -0.2) is 17.5 Å². The Labute approximate surface area is 161 Å². The maximum Gasteiger partial charge on any atom is 0.0497 e. The van der Waals surface area contributed by atoms with Gasteiger partial charge in [0.25, 0.3) is 0 Å². The van der Waals surface area contributed by atoms with Crippen molar-refractivity contribution in [3.8, 4) is 0 Å². The first-order chi connectivity index (χ1) is 12.8. The molecule has 0 aliphatic carbocycles. The highest BCUT2D eigenvalue weighted by molar-refractivity contribution is 7.99. The first-order valence-electron chi connectivity index (χ1n) is 9.39. The molecule has 2 atom stereocenters. The number of rotatable bonds is 5. The zero-order chi connectivity index (χ0) is 17.8. The summed E-state index contributed by atoms with van der Waals surface area (Å²) in [5.41, 5.74) is 4.41. The van der Waals surface area contributed by atoms with Gasteiger partial charge in [0.15, 0.2) is 0 Å². The number of fused-ring (bicyclic) bond motifs is 1. The van der Waals surface area contributed by atoms with E-state index >= 15 is 0 Å². The number of hydrogen-bond acceptors (Lipinski definition) is 2. The molecule has 0 amide bonds. The van der Waals surface area contributed by atoms with Crippen molar-refractivity contribution in [2.24, 2.45) is 0 Å². The topological polar surface area (TPSA) is 3.24 Å². The monoisotopic (exact) mass is 359 g/mol. The Morgan fingerprint density at radius 3 is 2.12 bits per heavy atom. The lowest BCUT2D eigenvalue weighted by Gasteiger charge is -2.38. The molecule has 0 bridgehead atoms. The van der Waals surface area contributed by atoms with Crippen molar-refractivity contribution in [3.63, 3.8) is 0 Å². The number of hydrogen-bond donors (Lipinski definition) is 0. The summed E-state index contributed by atoms with van der Waals surface area (Å²) in [5, 5.41) is 0.420. The predicted molar refractivity (Wildman–Crippen MR) is 112 cm³/mol. The number of benzene rings is 3. The normalized spacial score (nSPS) is 16.7. The molecular formula is C24H25NS. The molecule has 0 radical (unpaired) electrons. The van der Waals surface area contributed by atoms with Gasteiger partial charge in [-0.1, -0.05) is 72.8 Å². The zero-order valence-electron chi connectivity index (χ0n) is 15.2. The van der Waals surface area contributed by atoms with Crippen molar-refractivity contribution in [2.75, 3.05) is 6.54 Å². The molecule has 0 saturated carbocycles. The molecule has 26 heavy (non-hydrogen) atoms. The van der Waals surface area contributed by atoms with Crippen molar-refractivity contribution < 1.29 is 0 Å². The van der Waals surface area contributed by atoms with Crippen LogP contribution < -0.4 is 0 Å². The van der Waals surface area contributed by atoms with Crippen LogP contribution in [0.25, 0.3) is 0 Å². The molecule has 0 spiro atoms. The highest BCUT2D eigenvalue weighted by Crippen LogP contribution is 2.40. The van der Waals surface area contributed by atoms with Gasteiger partial charge in [-0.05, 0) is 42.2 Å². The first kappa shape index (κ1) is 17.4. The third-order valence-electron chi connectivity index (χ3n) is 5.31. The maximum absolute atomic E-state index is 2.65. The second-order valence-electron chi connectivity index (χ2n) is 6.99. The Morgan fingerprint density at radius 2 is 1.38 bits per heavy atom. The zero-order valence-corrected chi connectivity index (χ0v) is 16.0. The summed E-state index contributed by atoms with van der Waals surface area (Å²) in [5.74, 6) is 0. The van der Waals surface area contributed by atoms with E-state index in [-0.39, 0.29) is 0 Å². The molecule has 0 saturated heterocycles. The van der Waals surface area contributed by atoms with Gasteiger partial charge < -0.3 is 0 Å². The van der Waals surface area contributed by atoms with Gasteiger partial charge in [0, 0.05) is 29.3 Å². The fraction of sp³-hybridized carbons (Fsp3) is 0.250. The smallest absolute Gasteiger partial charge is 0.0497 e. The molecule has 132 valence electrons. The van der Waals surface area contributed by atoms with E-state index in [1.54, 1.807) is 0 Å². The lowest BCUT2D eigenvalue weighted by Crippen LogP contribution is -2.40. The van der Waals surface area contributed by atoms with Gasteiger partial charge in [0.2, 0.25) is 0 Å². The van der Waals surface area contributed by atoms with E-state index in [0.29, 0.717) is 11.3 Å². The van der Waals surface area contributed by atoms with Gasteiger partial charge >= 0.3 is 0 Å². The first-order valence-corrected chi connectivity index (χ1v) is 10.3. The van der Waals surface area contributed by atoms with Crippen molar-refractivity contribution in [1.29, 1.82) is 0 Å². The average Bonchev–Trinajstić information content (AvgIpc) is 2.72. The van der Waals surface area contributed by atoms with Gasteiger partial charge in [0.05, 0.1) is 0 Å². The minimum absolute atomic E-state index is 0.420. The quantitative estimate of drug-likeness (QED) is 0.517. The molecule has 0 fully saturated rings. The van der Waals surface area contributed by atoms with Crippen LogP contribution in [0.5, 0.6) is 0 Å². The molecule has 1 aliphatic rings. The van der Waals surface area contributed by atoms with Gasteiger partial charge in [-0.25, -0.2) is 0 Å². The summed E-state index contributed by atoms with van der Waals surface area (Å²) in [4.78, 5) is 3.99. The molecule has 3 aromatic carbocycles. The van der Waals surface area contributed by atoms with E-state index in [0.717, 1.165) is 19.5 Å². The Bertz CT molecular complexity index is 831. The minimum atomic E-state index is 0.420. The van der Waals surface area contributed by atoms with Crippen molar-refractivity contribution in [2.45, 2.75) is 36.1 Å². The minimum Gasteiger partial charge on any atom is -0.295 e. The number of nitrogens with zero attached hydrogens (tertiary/aromatic N) is 1. The van der Waals surface area contributed by atoms with E-state index in [2.05, 4.69) is 96.8 Å². The summed E-state index contributed by atoms with van der Waals surface area (Å²) in [7, 11) is 0. The van der Waals surface area contributed by atoms with Crippen molar-refractivity contribution in [1.82, 2.24) is 4.90 Å². The van der Waals surface area contributed by atoms with E-state index in [1.807, 2.05) is 11.8 Å². The summed E-state index contributed by atoms with van der Waals surface area (Å²) in [6.07, 6.45) is 1.15. The molecule has 1 aliphatic heterocycles. The van der Waals surface area contributed by atoms with Crippen LogP contribution in [0.4, 0.5) is 0 Å². The highest BCUT2D eigenvalue weighted by Gasteiger charge is 2.28. The average molecular weight is 360 g/mol. The summed E-state index contributed by atoms with van der Waals surface area (Å²) in [6.45, 7) is 4.58. The fourth-order valence-electron chi connectivity index (χ4n) is 3.79. The van der Waals surface area contributed by atoms with Gasteiger partial charge in [0.1, 0.15) is 0 Å². The second-order valence-corrected chi connectivity index (χ2v) is 8.21. The number of thioether (sulfide) groups is 1. The maximum atomic E-state index is 2.65. The van der Waals surface area contributed by atoms with E-state index in [4.69, 9.17) is 0 Å². The van der Waals surface area contributed by atoms with E-state index in [1.165, 1.54) is 21.6 Å². The summed E-state index contributed by atoms with van der Waals surface area (Å²) in [6, 6.07) is 31.1. The molecule has 4 rings (SSSR count). The fourth-order valence-corrected chi connectivity index (χ4v) is 5.06. The Morgan fingerprint density at radius 1 is 0.769 bits per heavy atom. The third-order valence-corrected chi connectivity index (χ3v) is 6.77. The molecule has 3 aromatic rings. The summed E-state index contributed by atoms with van der Waals surface area (Å²) < 4.78 is 0. The van der Waals surface area contributed by atoms with Gasteiger partial charge in [-0.2, -0.15) is 0 Å². The summed E-state index contributed by atoms with van der Waals surface area (Å²) >= 11 is 1.98. The van der Waals surface area contributed by atoms with Gasteiger partial charge in [-0.3, -0.25) is 4.90 Å². The predicted octanol–water partition coefficient (Wildman–Crippen LogP) is 5.97. The Balaban J connectivity index is 1.59.